The van der Waals surface area contributed by atoms with Crippen molar-refractivity contribution in [2.75, 3.05) is 0 Å². The van der Waals surface area contributed by atoms with Crippen LogP contribution in [-0.4, -0.2) is 35.9 Å². The lowest BCUT2D eigenvalue weighted by Gasteiger charge is -2.00. The predicted molar refractivity (Wildman–Crippen MR) is 75.9 cm³/mol. The van der Waals surface area contributed by atoms with Crippen molar-refractivity contribution < 1.29 is 4.39 Å². The number of aromatic nitrogens is 6. The van der Waals surface area contributed by atoms with Crippen molar-refractivity contribution in [3.63, 3.8) is 0 Å². The van der Waals surface area contributed by atoms with Gasteiger partial charge in [-0.1, -0.05) is 18.2 Å². The summed E-state index contributed by atoms with van der Waals surface area (Å²) >= 11 is 5.11. The third-order valence-corrected chi connectivity index (χ3v) is 2.97. The topological polar surface area (TPSA) is 76.7 Å². The summed E-state index contributed by atoms with van der Waals surface area (Å²) < 4.78 is 16.9. The molecule has 3 aromatic rings. The Morgan fingerprint density at radius 2 is 2.24 bits per heavy atom. The largest absolute Gasteiger partial charge is 0.250 e. The molecule has 106 valence electrons. The smallest absolute Gasteiger partial charge is 0.216 e. The van der Waals surface area contributed by atoms with Crippen molar-refractivity contribution in [1.29, 1.82) is 0 Å². The minimum Gasteiger partial charge on any atom is -0.250 e. The number of hydrogen-bond donors (Lipinski definition) is 1. The van der Waals surface area contributed by atoms with Crippen molar-refractivity contribution in [1.82, 2.24) is 29.6 Å². The number of halogens is 1. The molecular formula is C12H10FN7S. The van der Waals surface area contributed by atoms with Crippen LogP contribution in [0.4, 0.5) is 4.39 Å². The lowest BCUT2D eigenvalue weighted by Crippen LogP contribution is -2.07. The molecule has 0 aliphatic heterocycles. The Kier molecular flexibility index (Phi) is 3.65. The van der Waals surface area contributed by atoms with Crippen LogP contribution in [-0.2, 0) is 6.54 Å². The quantitative estimate of drug-likeness (QED) is 0.587. The molecule has 0 bridgehead atoms. The summed E-state index contributed by atoms with van der Waals surface area (Å²) in [6, 6.07) is 6.34. The minimum atomic E-state index is -0.353. The molecule has 0 aliphatic carbocycles. The highest BCUT2D eigenvalue weighted by Gasteiger charge is 2.06. The van der Waals surface area contributed by atoms with Crippen molar-refractivity contribution >= 4 is 18.4 Å². The molecule has 0 spiro atoms. The van der Waals surface area contributed by atoms with E-state index in [2.05, 4.69) is 25.4 Å². The van der Waals surface area contributed by atoms with E-state index in [1.807, 2.05) is 0 Å². The third-order valence-electron chi connectivity index (χ3n) is 2.70. The van der Waals surface area contributed by atoms with Crippen LogP contribution < -0.4 is 0 Å². The van der Waals surface area contributed by atoms with E-state index in [0.717, 1.165) is 0 Å². The zero-order chi connectivity index (χ0) is 14.7. The van der Waals surface area contributed by atoms with Gasteiger partial charge in [0.15, 0.2) is 5.82 Å². The highest BCUT2D eigenvalue weighted by molar-refractivity contribution is 7.71. The van der Waals surface area contributed by atoms with Gasteiger partial charge in [0.05, 0.1) is 6.21 Å². The van der Waals surface area contributed by atoms with Gasteiger partial charge < -0.3 is 0 Å². The fraction of sp³-hybridized carbons (Fsp3) is 0.0833. The number of hydrogen-bond acceptors (Lipinski definition) is 5. The maximum absolute atomic E-state index is 13.6. The molecule has 3 rings (SSSR count). The molecule has 9 heteroatoms. The minimum absolute atomic E-state index is 0.317. The fourth-order valence-electron chi connectivity index (χ4n) is 1.70. The predicted octanol–water partition coefficient (Wildman–Crippen LogP) is 1.60. The summed E-state index contributed by atoms with van der Waals surface area (Å²) in [5.41, 5.74) is 0.368. The van der Waals surface area contributed by atoms with E-state index in [0.29, 0.717) is 22.7 Å². The van der Waals surface area contributed by atoms with Gasteiger partial charge in [0, 0.05) is 5.56 Å². The second kappa shape index (κ2) is 5.75. The van der Waals surface area contributed by atoms with E-state index in [4.69, 9.17) is 12.2 Å². The number of nitrogens with one attached hydrogen (secondary N) is 1. The van der Waals surface area contributed by atoms with Gasteiger partial charge in [-0.25, -0.2) is 14.1 Å². The van der Waals surface area contributed by atoms with Gasteiger partial charge in [0.25, 0.3) is 0 Å². The molecular weight excluding hydrogens is 293 g/mol. The van der Waals surface area contributed by atoms with Crippen LogP contribution in [0.25, 0.3) is 0 Å². The molecule has 0 saturated carbocycles. The first kappa shape index (κ1) is 13.3. The Morgan fingerprint density at radius 3 is 3.00 bits per heavy atom. The van der Waals surface area contributed by atoms with Gasteiger partial charge in [-0.3, -0.25) is 5.10 Å². The van der Waals surface area contributed by atoms with E-state index >= 15 is 0 Å². The number of H-pyrrole nitrogens is 1. The Labute approximate surface area is 123 Å². The summed E-state index contributed by atoms with van der Waals surface area (Å²) in [6.45, 7) is 0.349. The average molecular weight is 303 g/mol. The van der Waals surface area contributed by atoms with Crippen molar-refractivity contribution in [3.05, 3.63) is 58.9 Å². The molecule has 0 radical (unpaired) electrons. The van der Waals surface area contributed by atoms with E-state index < -0.39 is 0 Å². The zero-order valence-corrected chi connectivity index (χ0v) is 11.5. The molecule has 2 aromatic heterocycles. The summed E-state index contributed by atoms with van der Waals surface area (Å²) in [4.78, 5) is 3.85. The Bertz CT molecular complexity index is 818. The molecule has 1 aromatic carbocycles. The average Bonchev–Trinajstić information content (AvgIpc) is 3.10. The molecule has 7 nitrogen and oxygen atoms in total. The molecule has 0 fully saturated rings. The monoisotopic (exact) mass is 303 g/mol. The van der Waals surface area contributed by atoms with E-state index in [-0.39, 0.29) is 5.82 Å². The van der Waals surface area contributed by atoms with Crippen LogP contribution in [0.5, 0.6) is 0 Å². The summed E-state index contributed by atoms with van der Waals surface area (Å²) in [5, 5.41) is 14.9. The lowest BCUT2D eigenvalue weighted by atomic mass is 10.2. The molecule has 1 N–H and O–H groups in total. The maximum Gasteiger partial charge on any atom is 0.216 e. The second-order valence-electron chi connectivity index (χ2n) is 4.12. The number of aromatic amines is 1. The van der Waals surface area contributed by atoms with Crippen LogP contribution in [0, 0.1) is 10.6 Å². The van der Waals surface area contributed by atoms with Crippen LogP contribution >= 0.6 is 12.2 Å². The van der Waals surface area contributed by atoms with E-state index in [9.17, 15) is 4.39 Å². The maximum atomic E-state index is 13.6. The van der Waals surface area contributed by atoms with Gasteiger partial charge in [0.1, 0.15) is 25.0 Å². The van der Waals surface area contributed by atoms with Crippen LogP contribution in [0.3, 0.4) is 0 Å². The molecule has 21 heavy (non-hydrogen) atoms. The van der Waals surface area contributed by atoms with Gasteiger partial charge in [-0.2, -0.15) is 20.0 Å². The first-order valence-corrected chi connectivity index (χ1v) is 6.42. The number of nitrogens with zero attached hydrogens (tertiary/aromatic N) is 6. The highest BCUT2D eigenvalue weighted by Crippen LogP contribution is 2.05. The zero-order valence-electron chi connectivity index (χ0n) is 10.7. The molecule has 0 amide bonds. The Morgan fingerprint density at radius 1 is 1.38 bits per heavy atom. The molecule has 0 atom stereocenters. The van der Waals surface area contributed by atoms with Gasteiger partial charge in [-0.15, -0.1) is 0 Å². The van der Waals surface area contributed by atoms with Crippen molar-refractivity contribution in [3.8, 4) is 0 Å². The lowest BCUT2D eigenvalue weighted by molar-refractivity contribution is 0.620. The molecule has 0 saturated heterocycles. The first-order chi connectivity index (χ1) is 10.2. The second-order valence-corrected chi connectivity index (χ2v) is 4.50. The van der Waals surface area contributed by atoms with Crippen molar-refractivity contribution in [2.24, 2.45) is 5.10 Å². The number of rotatable bonds is 4. The third kappa shape index (κ3) is 2.92. The van der Waals surface area contributed by atoms with E-state index in [1.165, 1.54) is 23.3 Å². The standard InChI is InChI=1S/C12H10FN7S/c13-10-4-2-1-3-9(10)5-15-20-11(17-18-12(20)21)6-19-8-14-7-16-19/h1-5,7-8H,6H2,(H,18,21)/b15-5+. The van der Waals surface area contributed by atoms with Gasteiger partial charge >= 0.3 is 0 Å². The Balaban J connectivity index is 1.90. The summed E-state index contributed by atoms with van der Waals surface area (Å²) in [5.74, 6) is 0.187. The van der Waals surface area contributed by atoms with E-state index in [1.54, 1.807) is 29.2 Å². The molecule has 0 unspecified atom stereocenters. The highest BCUT2D eigenvalue weighted by atomic mass is 32.1. The first-order valence-electron chi connectivity index (χ1n) is 6.01. The number of benzene rings is 1. The molecule has 2 heterocycles. The summed E-state index contributed by atoms with van der Waals surface area (Å²) in [6.07, 6.45) is 4.38. The van der Waals surface area contributed by atoms with Crippen molar-refractivity contribution in [2.45, 2.75) is 6.54 Å². The fourth-order valence-corrected chi connectivity index (χ4v) is 1.90. The van der Waals surface area contributed by atoms with Crippen LogP contribution in [0.2, 0.25) is 0 Å². The molecule has 0 aliphatic rings. The van der Waals surface area contributed by atoms with Crippen LogP contribution in [0.15, 0.2) is 42.0 Å². The summed E-state index contributed by atoms with van der Waals surface area (Å²) in [7, 11) is 0. The normalized spacial score (nSPS) is 11.3. The SMILES string of the molecule is Fc1ccccc1/C=N/n1c(Cn2cncn2)n[nH]c1=S. The van der Waals surface area contributed by atoms with Crippen LogP contribution in [0.1, 0.15) is 11.4 Å². The Hall–Kier alpha value is -2.68. The van der Waals surface area contributed by atoms with Gasteiger partial charge in [-0.05, 0) is 18.3 Å². The van der Waals surface area contributed by atoms with Gasteiger partial charge in [0.2, 0.25) is 4.77 Å².